The number of hydrogen-bond acceptors (Lipinski definition) is 4. The third-order valence-corrected chi connectivity index (χ3v) is 3.40. The highest BCUT2D eigenvalue weighted by Crippen LogP contribution is 2.26. The molecule has 1 fully saturated rings. The van der Waals surface area contributed by atoms with Crippen LogP contribution in [0.3, 0.4) is 0 Å². The van der Waals surface area contributed by atoms with Crippen LogP contribution in [0.2, 0.25) is 0 Å². The highest BCUT2D eigenvalue weighted by atomic mass is 16.5. The van der Waals surface area contributed by atoms with Crippen LogP contribution in [0, 0.1) is 0 Å². The van der Waals surface area contributed by atoms with Crippen LogP contribution in [0.25, 0.3) is 0 Å². The first kappa shape index (κ1) is 14.2. The molecule has 0 aromatic heterocycles. The van der Waals surface area contributed by atoms with Gasteiger partial charge in [0, 0.05) is 31.6 Å². The average molecular weight is 278 g/mol. The Balaban J connectivity index is 2.01. The molecule has 1 unspecified atom stereocenters. The summed E-state index contributed by atoms with van der Waals surface area (Å²) in [6.45, 7) is 0.507. The van der Waals surface area contributed by atoms with E-state index in [1.54, 1.807) is 24.1 Å². The molecule has 2 amide bonds. The summed E-state index contributed by atoms with van der Waals surface area (Å²) in [4.78, 5) is 25.1. The Morgan fingerprint density at radius 2 is 2.25 bits per heavy atom. The Kier molecular flexibility index (Phi) is 4.12. The Hall–Kier alpha value is -2.24. The number of likely N-dealkylation sites (tertiary alicyclic amines) is 1. The quantitative estimate of drug-likeness (QED) is 0.855. The normalized spacial score (nSPS) is 18.8. The summed E-state index contributed by atoms with van der Waals surface area (Å²) < 4.78 is 4.93. The van der Waals surface area contributed by atoms with Gasteiger partial charge in [-0.25, -0.2) is 0 Å². The van der Waals surface area contributed by atoms with Crippen molar-refractivity contribution in [1.29, 1.82) is 0 Å². The van der Waals surface area contributed by atoms with E-state index in [9.17, 15) is 14.7 Å². The minimum atomic E-state index is -0.268. The lowest BCUT2D eigenvalue weighted by molar-refractivity contribution is -0.132. The molecular weight excluding hydrogens is 260 g/mol. The summed E-state index contributed by atoms with van der Waals surface area (Å²) in [5.41, 5.74) is 0.364. The molecule has 1 saturated heterocycles. The molecular formula is C14H18N2O4. The Bertz CT molecular complexity index is 530. The van der Waals surface area contributed by atoms with E-state index < -0.39 is 0 Å². The zero-order chi connectivity index (χ0) is 14.7. The van der Waals surface area contributed by atoms with Gasteiger partial charge in [-0.2, -0.15) is 0 Å². The fourth-order valence-electron chi connectivity index (χ4n) is 2.23. The molecule has 0 aliphatic carbocycles. The number of piperidine rings is 1. The van der Waals surface area contributed by atoms with Crippen LogP contribution in [0.15, 0.2) is 18.2 Å². The number of carbonyl (C=O) groups is 2. The van der Waals surface area contributed by atoms with Crippen molar-refractivity contribution < 1.29 is 19.4 Å². The molecule has 1 aromatic rings. The van der Waals surface area contributed by atoms with Gasteiger partial charge in [0.1, 0.15) is 0 Å². The van der Waals surface area contributed by atoms with Gasteiger partial charge in [-0.3, -0.25) is 9.59 Å². The molecule has 1 heterocycles. The minimum Gasteiger partial charge on any atom is -0.504 e. The van der Waals surface area contributed by atoms with Crippen LogP contribution in [-0.2, 0) is 4.79 Å². The average Bonchev–Trinajstić information content (AvgIpc) is 2.42. The second kappa shape index (κ2) is 5.81. The van der Waals surface area contributed by atoms with Crippen molar-refractivity contribution in [2.24, 2.45) is 0 Å². The third-order valence-electron chi connectivity index (χ3n) is 3.40. The van der Waals surface area contributed by atoms with E-state index in [0.29, 0.717) is 30.7 Å². The standard InChI is InChI=1S/C14H18N2O4/c1-16-8-10(4-6-13(16)18)15-14(19)9-3-5-12(20-2)11(17)7-9/h3,5,7,10,17H,4,6,8H2,1-2H3,(H,15,19). The second-order valence-corrected chi connectivity index (χ2v) is 4.87. The van der Waals surface area contributed by atoms with Gasteiger partial charge in [0.2, 0.25) is 5.91 Å². The molecule has 1 aliphatic rings. The van der Waals surface area contributed by atoms with Gasteiger partial charge in [0.05, 0.1) is 7.11 Å². The maximum atomic E-state index is 12.1. The topological polar surface area (TPSA) is 78.9 Å². The maximum Gasteiger partial charge on any atom is 0.251 e. The van der Waals surface area contributed by atoms with E-state index in [4.69, 9.17) is 4.74 Å². The number of nitrogens with zero attached hydrogens (tertiary/aromatic N) is 1. The Labute approximate surface area is 117 Å². The van der Waals surface area contributed by atoms with E-state index >= 15 is 0 Å². The van der Waals surface area contributed by atoms with Crippen molar-refractivity contribution in [3.63, 3.8) is 0 Å². The number of carbonyl (C=O) groups excluding carboxylic acids is 2. The van der Waals surface area contributed by atoms with Gasteiger partial charge >= 0.3 is 0 Å². The van der Waals surface area contributed by atoms with Gasteiger partial charge in [-0.1, -0.05) is 0 Å². The number of likely N-dealkylation sites (N-methyl/N-ethyl adjacent to an activating group) is 1. The number of phenols is 1. The molecule has 0 spiro atoms. The largest absolute Gasteiger partial charge is 0.504 e. The first-order valence-corrected chi connectivity index (χ1v) is 6.43. The van der Waals surface area contributed by atoms with Crippen molar-refractivity contribution >= 4 is 11.8 Å². The number of ether oxygens (including phenoxy) is 1. The van der Waals surface area contributed by atoms with E-state index in [0.717, 1.165) is 0 Å². The number of amides is 2. The van der Waals surface area contributed by atoms with E-state index in [-0.39, 0.29) is 23.6 Å². The molecule has 1 atom stereocenters. The summed E-state index contributed by atoms with van der Waals surface area (Å²) >= 11 is 0. The Morgan fingerprint density at radius 1 is 1.50 bits per heavy atom. The van der Waals surface area contributed by atoms with Gasteiger partial charge in [0.25, 0.3) is 5.91 Å². The summed E-state index contributed by atoms with van der Waals surface area (Å²) in [5, 5.41) is 12.5. The number of rotatable bonds is 3. The molecule has 1 aliphatic heterocycles. The van der Waals surface area contributed by atoms with Crippen LogP contribution < -0.4 is 10.1 Å². The van der Waals surface area contributed by atoms with Gasteiger partial charge < -0.3 is 20.1 Å². The maximum absolute atomic E-state index is 12.1. The van der Waals surface area contributed by atoms with E-state index in [1.807, 2.05) is 0 Å². The molecule has 6 heteroatoms. The molecule has 0 saturated carbocycles. The Morgan fingerprint density at radius 3 is 2.85 bits per heavy atom. The molecule has 2 N–H and O–H groups in total. The predicted octanol–water partition coefficient (Wildman–Crippen LogP) is 0.751. The van der Waals surface area contributed by atoms with E-state index in [1.165, 1.54) is 13.2 Å². The molecule has 0 bridgehead atoms. The lowest BCUT2D eigenvalue weighted by atomic mass is 10.0. The van der Waals surface area contributed by atoms with Gasteiger partial charge in [0.15, 0.2) is 11.5 Å². The molecule has 2 rings (SSSR count). The lowest BCUT2D eigenvalue weighted by Crippen LogP contribution is -2.48. The van der Waals surface area contributed by atoms with Crippen molar-refractivity contribution in [2.75, 3.05) is 20.7 Å². The molecule has 6 nitrogen and oxygen atoms in total. The SMILES string of the molecule is COc1ccc(C(=O)NC2CCC(=O)N(C)C2)cc1O. The third kappa shape index (κ3) is 3.01. The summed E-state index contributed by atoms with van der Waals surface area (Å²) in [7, 11) is 3.17. The van der Waals surface area contributed by atoms with E-state index in [2.05, 4.69) is 5.32 Å². The van der Waals surface area contributed by atoms with Gasteiger partial charge in [-0.15, -0.1) is 0 Å². The zero-order valence-electron chi connectivity index (χ0n) is 11.5. The lowest BCUT2D eigenvalue weighted by Gasteiger charge is -2.30. The van der Waals surface area contributed by atoms with Crippen molar-refractivity contribution in [2.45, 2.75) is 18.9 Å². The molecule has 0 radical (unpaired) electrons. The van der Waals surface area contributed by atoms with Crippen LogP contribution in [-0.4, -0.2) is 48.6 Å². The van der Waals surface area contributed by atoms with Crippen LogP contribution in [0.5, 0.6) is 11.5 Å². The van der Waals surface area contributed by atoms with Gasteiger partial charge in [-0.05, 0) is 24.6 Å². The minimum absolute atomic E-state index is 0.0607. The fourth-order valence-corrected chi connectivity index (χ4v) is 2.23. The van der Waals surface area contributed by atoms with Crippen molar-refractivity contribution in [1.82, 2.24) is 10.2 Å². The monoisotopic (exact) mass is 278 g/mol. The smallest absolute Gasteiger partial charge is 0.251 e. The highest BCUT2D eigenvalue weighted by Gasteiger charge is 2.24. The predicted molar refractivity (Wildman–Crippen MR) is 72.8 cm³/mol. The fraction of sp³-hybridized carbons (Fsp3) is 0.429. The first-order chi connectivity index (χ1) is 9.51. The highest BCUT2D eigenvalue weighted by molar-refractivity contribution is 5.95. The number of hydrogen-bond donors (Lipinski definition) is 2. The number of benzene rings is 1. The molecule has 108 valence electrons. The summed E-state index contributed by atoms with van der Waals surface area (Å²) in [6.07, 6.45) is 1.08. The molecule has 1 aromatic carbocycles. The number of aromatic hydroxyl groups is 1. The zero-order valence-corrected chi connectivity index (χ0v) is 11.5. The van der Waals surface area contributed by atoms with Crippen LogP contribution >= 0.6 is 0 Å². The van der Waals surface area contributed by atoms with Crippen LogP contribution in [0.4, 0.5) is 0 Å². The molecule has 20 heavy (non-hydrogen) atoms. The number of nitrogens with one attached hydrogen (secondary N) is 1. The van der Waals surface area contributed by atoms with Crippen LogP contribution in [0.1, 0.15) is 23.2 Å². The van der Waals surface area contributed by atoms with Crippen molar-refractivity contribution in [3.05, 3.63) is 23.8 Å². The number of phenolic OH excluding ortho intramolecular Hbond substituents is 1. The second-order valence-electron chi connectivity index (χ2n) is 4.87. The summed E-state index contributed by atoms with van der Waals surface area (Å²) in [6, 6.07) is 4.44. The number of methoxy groups -OCH3 is 1. The van der Waals surface area contributed by atoms with Crippen molar-refractivity contribution in [3.8, 4) is 11.5 Å². The summed E-state index contributed by atoms with van der Waals surface area (Å²) in [5.74, 6) is 0.0777. The first-order valence-electron chi connectivity index (χ1n) is 6.43.